The molecule has 0 spiro atoms. The maximum absolute atomic E-state index is 12.4. The van der Waals surface area contributed by atoms with Gasteiger partial charge in [-0.2, -0.15) is 0 Å². The van der Waals surface area contributed by atoms with Crippen molar-refractivity contribution in [3.8, 4) is 10.6 Å². The van der Waals surface area contributed by atoms with Gasteiger partial charge in [-0.25, -0.2) is 4.98 Å². The van der Waals surface area contributed by atoms with Gasteiger partial charge in [-0.15, -0.1) is 11.3 Å². The molecule has 2 aromatic heterocycles. The third-order valence-electron chi connectivity index (χ3n) is 5.18. The number of carbonyl (C=O) groups excluding carboxylic acids is 1. The van der Waals surface area contributed by atoms with E-state index in [1.807, 2.05) is 17.5 Å². The standard InChI is InChI=1S/C22H24N4OS/c1-16(26-10-8-17-5-2-3-6-19(17)14-26)12-24-21(27)11-20-15-28-22(25-20)18-7-4-9-23-13-18/h2-7,9,13,15-16H,8,10-12,14H2,1H3,(H,24,27). The van der Waals surface area contributed by atoms with Crippen molar-refractivity contribution in [3.63, 3.8) is 0 Å². The van der Waals surface area contributed by atoms with Gasteiger partial charge in [0.2, 0.25) is 5.91 Å². The number of benzene rings is 1. The van der Waals surface area contributed by atoms with E-state index in [0.29, 0.717) is 19.0 Å². The lowest BCUT2D eigenvalue weighted by molar-refractivity contribution is -0.120. The van der Waals surface area contributed by atoms with Crippen LogP contribution in [0.25, 0.3) is 10.6 Å². The molecule has 1 unspecified atom stereocenters. The predicted octanol–water partition coefficient (Wildman–Crippen LogP) is 3.31. The van der Waals surface area contributed by atoms with Crippen molar-refractivity contribution < 1.29 is 4.79 Å². The average Bonchev–Trinajstić information content (AvgIpc) is 3.20. The minimum absolute atomic E-state index is 0.0206. The first kappa shape index (κ1) is 18.8. The van der Waals surface area contributed by atoms with Gasteiger partial charge in [0.1, 0.15) is 5.01 Å². The molecular formula is C22H24N4OS. The fraction of sp³-hybridized carbons (Fsp3) is 0.318. The molecule has 3 heterocycles. The number of nitrogens with zero attached hydrogens (tertiary/aromatic N) is 3. The highest BCUT2D eigenvalue weighted by molar-refractivity contribution is 7.13. The number of aromatic nitrogens is 2. The van der Waals surface area contributed by atoms with E-state index in [-0.39, 0.29) is 5.91 Å². The van der Waals surface area contributed by atoms with Crippen molar-refractivity contribution in [1.82, 2.24) is 20.2 Å². The van der Waals surface area contributed by atoms with Crippen LogP contribution in [0.15, 0.2) is 54.2 Å². The summed E-state index contributed by atoms with van der Waals surface area (Å²) in [7, 11) is 0. The highest BCUT2D eigenvalue weighted by Gasteiger charge is 2.20. The third-order valence-corrected chi connectivity index (χ3v) is 6.12. The number of carbonyl (C=O) groups is 1. The van der Waals surface area contributed by atoms with Crippen molar-refractivity contribution in [2.24, 2.45) is 0 Å². The van der Waals surface area contributed by atoms with Crippen LogP contribution >= 0.6 is 11.3 Å². The van der Waals surface area contributed by atoms with Gasteiger partial charge in [0.15, 0.2) is 0 Å². The summed E-state index contributed by atoms with van der Waals surface area (Å²) < 4.78 is 0. The Hall–Kier alpha value is -2.57. The summed E-state index contributed by atoms with van der Waals surface area (Å²) in [4.78, 5) is 23.5. The zero-order valence-corrected chi connectivity index (χ0v) is 16.8. The molecule has 28 heavy (non-hydrogen) atoms. The quantitative estimate of drug-likeness (QED) is 0.699. The molecule has 1 N–H and O–H groups in total. The lowest BCUT2D eigenvalue weighted by Crippen LogP contribution is -2.44. The molecule has 144 valence electrons. The minimum Gasteiger partial charge on any atom is -0.354 e. The minimum atomic E-state index is 0.0206. The molecular weight excluding hydrogens is 368 g/mol. The molecule has 0 aliphatic carbocycles. The van der Waals surface area contributed by atoms with E-state index in [1.165, 1.54) is 11.1 Å². The summed E-state index contributed by atoms with van der Waals surface area (Å²) >= 11 is 1.55. The summed E-state index contributed by atoms with van der Waals surface area (Å²) in [5.74, 6) is 0.0206. The molecule has 0 bridgehead atoms. The summed E-state index contributed by atoms with van der Waals surface area (Å²) in [6.07, 6.45) is 4.92. The molecule has 0 radical (unpaired) electrons. The molecule has 6 heteroatoms. The Labute approximate surface area is 169 Å². The average molecular weight is 393 g/mol. The summed E-state index contributed by atoms with van der Waals surface area (Å²) in [5.41, 5.74) is 4.64. The Morgan fingerprint density at radius 1 is 1.25 bits per heavy atom. The van der Waals surface area contributed by atoms with E-state index in [1.54, 1.807) is 23.7 Å². The summed E-state index contributed by atoms with van der Waals surface area (Å²) in [6.45, 7) is 4.82. The van der Waals surface area contributed by atoms with Crippen LogP contribution < -0.4 is 5.32 Å². The molecule has 4 rings (SSSR count). The van der Waals surface area contributed by atoms with Crippen molar-refractivity contribution in [2.75, 3.05) is 13.1 Å². The number of fused-ring (bicyclic) bond motifs is 1. The maximum atomic E-state index is 12.4. The van der Waals surface area contributed by atoms with Crippen LogP contribution in [0.4, 0.5) is 0 Å². The van der Waals surface area contributed by atoms with Crippen molar-refractivity contribution in [3.05, 3.63) is 71.0 Å². The first-order valence-corrected chi connectivity index (χ1v) is 10.5. The Kier molecular flexibility index (Phi) is 5.78. The molecule has 1 aliphatic heterocycles. The number of hydrogen-bond acceptors (Lipinski definition) is 5. The number of hydrogen-bond donors (Lipinski definition) is 1. The number of amides is 1. The molecule has 1 aromatic carbocycles. The molecule has 3 aromatic rings. The Bertz CT molecular complexity index is 940. The maximum Gasteiger partial charge on any atom is 0.226 e. The largest absolute Gasteiger partial charge is 0.354 e. The van der Waals surface area contributed by atoms with Crippen LogP contribution in [0.2, 0.25) is 0 Å². The number of rotatable bonds is 6. The number of nitrogens with one attached hydrogen (secondary N) is 1. The molecule has 0 saturated heterocycles. The van der Waals surface area contributed by atoms with Crippen LogP contribution in [0.1, 0.15) is 23.7 Å². The van der Waals surface area contributed by atoms with E-state index < -0.39 is 0 Å². The van der Waals surface area contributed by atoms with Crippen LogP contribution in [-0.4, -0.2) is 39.9 Å². The first-order chi connectivity index (χ1) is 13.7. The molecule has 1 atom stereocenters. The topological polar surface area (TPSA) is 58.1 Å². The fourth-order valence-electron chi connectivity index (χ4n) is 3.52. The SMILES string of the molecule is CC(CNC(=O)Cc1csc(-c2cccnc2)n1)N1CCc2ccccc2C1. The molecule has 5 nitrogen and oxygen atoms in total. The summed E-state index contributed by atoms with van der Waals surface area (Å²) in [6, 6.07) is 12.8. The molecule has 1 aliphatic rings. The zero-order valence-electron chi connectivity index (χ0n) is 16.0. The third kappa shape index (κ3) is 4.46. The first-order valence-electron chi connectivity index (χ1n) is 9.61. The Morgan fingerprint density at radius 3 is 2.93 bits per heavy atom. The van der Waals surface area contributed by atoms with Crippen LogP contribution in [-0.2, 0) is 24.2 Å². The lowest BCUT2D eigenvalue weighted by atomic mass is 9.99. The van der Waals surface area contributed by atoms with Gasteiger partial charge in [0.05, 0.1) is 12.1 Å². The number of pyridine rings is 1. The highest BCUT2D eigenvalue weighted by atomic mass is 32.1. The number of thiazole rings is 1. The van der Waals surface area contributed by atoms with E-state index in [2.05, 4.69) is 51.4 Å². The zero-order chi connectivity index (χ0) is 19.3. The van der Waals surface area contributed by atoms with Gasteiger partial charge in [0, 0.05) is 49.0 Å². The molecule has 1 amide bonds. The second-order valence-corrected chi connectivity index (χ2v) is 8.06. The summed E-state index contributed by atoms with van der Waals surface area (Å²) in [5, 5.41) is 5.92. The van der Waals surface area contributed by atoms with Gasteiger partial charge in [0.25, 0.3) is 0 Å². The van der Waals surface area contributed by atoms with Crippen LogP contribution in [0, 0.1) is 0 Å². The second kappa shape index (κ2) is 8.63. The molecule has 0 saturated carbocycles. The van der Waals surface area contributed by atoms with Gasteiger partial charge in [-0.3, -0.25) is 14.7 Å². The van der Waals surface area contributed by atoms with Gasteiger partial charge in [-0.05, 0) is 36.6 Å². The van der Waals surface area contributed by atoms with E-state index in [9.17, 15) is 4.79 Å². The lowest BCUT2D eigenvalue weighted by Gasteiger charge is -2.33. The van der Waals surface area contributed by atoms with Gasteiger partial charge >= 0.3 is 0 Å². The monoisotopic (exact) mass is 392 g/mol. The Balaban J connectivity index is 1.27. The van der Waals surface area contributed by atoms with Crippen molar-refractivity contribution >= 4 is 17.2 Å². The second-order valence-electron chi connectivity index (χ2n) is 7.20. The fourth-order valence-corrected chi connectivity index (χ4v) is 4.33. The van der Waals surface area contributed by atoms with E-state index >= 15 is 0 Å². The van der Waals surface area contributed by atoms with Crippen LogP contribution in [0.5, 0.6) is 0 Å². The normalized spacial score (nSPS) is 15.0. The van der Waals surface area contributed by atoms with Crippen LogP contribution in [0.3, 0.4) is 0 Å². The van der Waals surface area contributed by atoms with E-state index in [0.717, 1.165) is 35.8 Å². The smallest absolute Gasteiger partial charge is 0.226 e. The van der Waals surface area contributed by atoms with Gasteiger partial charge < -0.3 is 5.32 Å². The van der Waals surface area contributed by atoms with E-state index in [4.69, 9.17) is 0 Å². The van der Waals surface area contributed by atoms with Crippen molar-refractivity contribution in [2.45, 2.75) is 32.4 Å². The molecule has 0 fully saturated rings. The van der Waals surface area contributed by atoms with Crippen molar-refractivity contribution in [1.29, 1.82) is 0 Å². The highest BCUT2D eigenvalue weighted by Crippen LogP contribution is 2.23. The predicted molar refractivity (Wildman–Crippen MR) is 112 cm³/mol. The Morgan fingerprint density at radius 2 is 2.11 bits per heavy atom. The van der Waals surface area contributed by atoms with Gasteiger partial charge in [-0.1, -0.05) is 24.3 Å².